The molecule has 0 amide bonds. The molecular weight excluding hydrogens is 240 g/mol. The fourth-order valence-corrected chi connectivity index (χ4v) is 1.91. The van der Waals surface area contributed by atoms with E-state index in [2.05, 4.69) is 0 Å². The van der Waals surface area contributed by atoms with Crippen LogP contribution >= 0.6 is 0 Å². The summed E-state index contributed by atoms with van der Waals surface area (Å²) in [7, 11) is 0. The van der Waals surface area contributed by atoms with Crippen molar-refractivity contribution in [2.75, 3.05) is 13.2 Å². The lowest BCUT2D eigenvalue weighted by Gasteiger charge is -2.12. The van der Waals surface area contributed by atoms with Gasteiger partial charge in [0.2, 0.25) is 0 Å². The maximum absolute atomic E-state index is 9.36. The van der Waals surface area contributed by atoms with Gasteiger partial charge >= 0.3 is 0 Å². The van der Waals surface area contributed by atoms with Crippen molar-refractivity contribution in [3.8, 4) is 28.4 Å². The zero-order valence-electron chi connectivity index (χ0n) is 11.2. The third kappa shape index (κ3) is 3.19. The molecule has 2 aromatic carbocycles. The van der Waals surface area contributed by atoms with Crippen LogP contribution in [-0.2, 0) is 0 Å². The average molecular weight is 258 g/mol. The molecule has 0 saturated heterocycles. The van der Waals surface area contributed by atoms with E-state index in [0.717, 1.165) is 22.6 Å². The molecule has 0 fully saturated rings. The minimum atomic E-state index is 0.252. The molecule has 0 aliphatic carbocycles. The predicted octanol–water partition coefficient (Wildman–Crippen LogP) is 3.86. The van der Waals surface area contributed by atoms with Crippen molar-refractivity contribution < 1.29 is 14.6 Å². The van der Waals surface area contributed by atoms with Gasteiger partial charge < -0.3 is 14.6 Å². The molecule has 0 unspecified atom stereocenters. The second kappa shape index (κ2) is 6.14. The van der Waals surface area contributed by atoms with E-state index in [1.165, 1.54) is 0 Å². The fraction of sp³-hybridized carbons (Fsp3) is 0.250. The second-order valence-corrected chi connectivity index (χ2v) is 4.07. The van der Waals surface area contributed by atoms with Gasteiger partial charge in [0.1, 0.15) is 17.2 Å². The minimum Gasteiger partial charge on any atom is -0.508 e. The van der Waals surface area contributed by atoms with Gasteiger partial charge in [-0.15, -0.1) is 0 Å². The topological polar surface area (TPSA) is 38.7 Å². The molecule has 2 aromatic rings. The van der Waals surface area contributed by atoms with E-state index in [1.54, 1.807) is 12.1 Å². The summed E-state index contributed by atoms with van der Waals surface area (Å²) in [6.45, 7) is 5.15. The van der Waals surface area contributed by atoms with E-state index in [4.69, 9.17) is 9.47 Å². The highest BCUT2D eigenvalue weighted by Crippen LogP contribution is 2.34. The van der Waals surface area contributed by atoms with E-state index < -0.39 is 0 Å². The van der Waals surface area contributed by atoms with Crippen LogP contribution in [0.15, 0.2) is 42.5 Å². The molecule has 100 valence electrons. The lowest BCUT2D eigenvalue weighted by molar-refractivity contribution is 0.331. The molecule has 2 rings (SSSR count). The molecule has 1 N–H and O–H groups in total. The lowest BCUT2D eigenvalue weighted by Crippen LogP contribution is -1.96. The maximum atomic E-state index is 9.36. The summed E-state index contributed by atoms with van der Waals surface area (Å²) in [5, 5.41) is 9.36. The molecule has 3 heteroatoms. The summed E-state index contributed by atoms with van der Waals surface area (Å²) < 4.78 is 11.2. The highest BCUT2D eigenvalue weighted by molar-refractivity contribution is 5.72. The van der Waals surface area contributed by atoms with Crippen molar-refractivity contribution >= 4 is 0 Å². The Hall–Kier alpha value is -2.16. The third-order valence-electron chi connectivity index (χ3n) is 2.74. The quantitative estimate of drug-likeness (QED) is 0.885. The zero-order chi connectivity index (χ0) is 13.7. The van der Waals surface area contributed by atoms with Crippen molar-refractivity contribution in [2.45, 2.75) is 13.8 Å². The van der Waals surface area contributed by atoms with Crippen LogP contribution < -0.4 is 9.47 Å². The van der Waals surface area contributed by atoms with Crippen molar-refractivity contribution in [2.24, 2.45) is 0 Å². The second-order valence-electron chi connectivity index (χ2n) is 4.07. The minimum absolute atomic E-state index is 0.252. The van der Waals surface area contributed by atoms with Crippen molar-refractivity contribution in [3.63, 3.8) is 0 Å². The van der Waals surface area contributed by atoms with Crippen molar-refractivity contribution in [3.05, 3.63) is 42.5 Å². The van der Waals surface area contributed by atoms with E-state index in [1.807, 2.05) is 44.2 Å². The Morgan fingerprint density at radius 2 is 1.58 bits per heavy atom. The normalized spacial score (nSPS) is 10.2. The van der Waals surface area contributed by atoms with E-state index in [9.17, 15) is 5.11 Å². The van der Waals surface area contributed by atoms with Gasteiger partial charge in [0.25, 0.3) is 0 Å². The summed E-state index contributed by atoms with van der Waals surface area (Å²) in [6.07, 6.45) is 0. The SMILES string of the molecule is CCOc1ccc(OCC)c(-c2ccc(O)cc2)c1. The molecule has 3 nitrogen and oxygen atoms in total. The Labute approximate surface area is 113 Å². The molecule has 0 aliphatic rings. The highest BCUT2D eigenvalue weighted by atomic mass is 16.5. The molecule has 0 atom stereocenters. The first-order chi connectivity index (χ1) is 9.24. The van der Waals surface area contributed by atoms with Gasteiger partial charge in [0.05, 0.1) is 13.2 Å². The molecule has 0 heterocycles. The van der Waals surface area contributed by atoms with Crippen LogP contribution in [0.4, 0.5) is 0 Å². The van der Waals surface area contributed by atoms with E-state index >= 15 is 0 Å². The Balaban J connectivity index is 2.44. The van der Waals surface area contributed by atoms with Crippen molar-refractivity contribution in [1.82, 2.24) is 0 Å². The molecule has 0 bridgehead atoms. The first kappa shape index (κ1) is 13.3. The molecular formula is C16H18O3. The van der Waals surface area contributed by atoms with Gasteiger partial charge in [-0.05, 0) is 49.7 Å². The number of phenols is 1. The summed E-state index contributed by atoms with van der Waals surface area (Å²) >= 11 is 0. The Bertz CT molecular complexity index is 532. The number of hydrogen-bond acceptors (Lipinski definition) is 3. The number of rotatable bonds is 5. The summed E-state index contributed by atoms with van der Waals surface area (Å²) in [6, 6.07) is 12.8. The molecule has 0 saturated carbocycles. The van der Waals surface area contributed by atoms with Gasteiger partial charge in [-0.25, -0.2) is 0 Å². The lowest BCUT2D eigenvalue weighted by atomic mass is 10.0. The number of benzene rings is 2. The molecule has 0 radical (unpaired) electrons. The largest absolute Gasteiger partial charge is 0.508 e. The van der Waals surface area contributed by atoms with Crippen LogP contribution in [0, 0.1) is 0 Å². The average Bonchev–Trinajstić information content (AvgIpc) is 2.42. The van der Waals surface area contributed by atoms with Crippen molar-refractivity contribution in [1.29, 1.82) is 0 Å². The van der Waals surface area contributed by atoms with Crippen LogP contribution in [0.3, 0.4) is 0 Å². The summed E-state index contributed by atoms with van der Waals surface area (Å²) in [4.78, 5) is 0. The number of aromatic hydroxyl groups is 1. The highest BCUT2D eigenvalue weighted by Gasteiger charge is 2.08. The van der Waals surface area contributed by atoms with Crippen LogP contribution in [0.2, 0.25) is 0 Å². The number of ether oxygens (including phenoxy) is 2. The van der Waals surface area contributed by atoms with Gasteiger partial charge in [-0.1, -0.05) is 12.1 Å². The molecule has 0 aromatic heterocycles. The smallest absolute Gasteiger partial charge is 0.127 e. The Morgan fingerprint density at radius 3 is 2.21 bits per heavy atom. The van der Waals surface area contributed by atoms with Crippen LogP contribution in [-0.4, -0.2) is 18.3 Å². The van der Waals surface area contributed by atoms with Gasteiger partial charge in [0, 0.05) is 5.56 Å². The fourth-order valence-electron chi connectivity index (χ4n) is 1.91. The summed E-state index contributed by atoms with van der Waals surface area (Å²) in [5.74, 6) is 1.88. The number of phenolic OH excluding ortho intramolecular Hbond substituents is 1. The molecule has 19 heavy (non-hydrogen) atoms. The van der Waals surface area contributed by atoms with Crippen LogP contribution in [0.25, 0.3) is 11.1 Å². The standard InChI is InChI=1S/C16H18O3/c1-3-18-14-9-10-16(19-4-2)15(11-14)12-5-7-13(17)8-6-12/h5-11,17H,3-4H2,1-2H3. The predicted molar refractivity (Wildman–Crippen MR) is 75.9 cm³/mol. The molecule has 0 spiro atoms. The van der Waals surface area contributed by atoms with Gasteiger partial charge in [-0.3, -0.25) is 0 Å². The Kier molecular flexibility index (Phi) is 4.29. The van der Waals surface area contributed by atoms with Gasteiger partial charge in [0.15, 0.2) is 0 Å². The summed E-state index contributed by atoms with van der Waals surface area (Å²) in [5.41, 5.74) is 1.95. The molecule has 0 aliphatic heterocycles. The first-order valence-electron chi connectivity index (χ1n) is 6.43. The van der Waals surface area contributed by atoms with Gasteiger partial charge in [-0.2, -0.15) is 0 Å². The monoisotopic (exact) mass is 258 g/mol. The third-order valence-corrected chi connectivity index (χ3v) is 2.74. The maximum Gasteiger partial charge on any atom is 0.127 e. The zero-order valence-corrected chi connectivity index (χ0v) is 11.2. The van der Waals surface area contributed by atoms with Crippen LogP contribution in [0.5, 0.6) is 17.2 Å². The van der Waals surface area contributed by atoms with Crippen LogP contribution in [0.1, 0.15) is 13.8 Å². The van der Waals surface area contributed by atoms with E-state index in [0.29, 0.717) is 13.2 Å². The number of hydrogen-bond donors (Lipinski definition) is 1. The first-order valence-corrected chi connectivity index (χ1v) is 6.43. The Morgan fingerprint density at radius 1 is 0.895 bits per heavy atom. The van der Waals surface area contributed by atoms with E-state index in [-0.39, 0.29) is 5.75 Å².